The van der Waals surface area contributed by atoms with Gasteiger partial charge in [0.2, 0.25) is 0 Å². The molecule has 0 fully saturated rings. The van der Waals surface area contributed by atoms with Crippen molar-refractivity contribution in [2.75, 3.05) is 0 Å². The first-order chi connectivity index (χ1) is 7.89. The molecule has 90 valence electrons. The molecule has 0 unspecified atom stereocenters. The molecule has 2 heterocycles. The standard InChI is InChI=1S/C10H14N6O/c1-7-13-8(10(2,3)4)14-16(7)9(17)15-6-11-5-12-15/h5-6H,1-4H3. The highest BCUT2D eigenvalue weighted by molar-refractivity contribution is 5.77. The maximum atomic E-state index is 12.0. The minimum absolute atomic E-state index is 0.196. The summed E-state index contributed by atoms with van der Waals surface area (Å²) in [7, 11) is 0. The number of nitrogens with zero attached hydrogens (tertiary/aromatic N) is 6. The second kappa shape index (κ2) is 3.76. The van der Waals surface area contributed by atoms with Crippen LogP contribution in [0.15, 0.2) is 12.7 Å². The summed E-state index contributed by atoms with van der Waals surface area (Å²) in [5.41, 5.74) is -0.196. The van der Waals surface area contributed by atoms with Gasteiger partial charge < -0.3 is 0 Å². The van der Waals surface area contributed by atoms with E-state index in [2.05, 4.69) is 20.2 Å². The number of aryl methyl sites for hydroxylation is 1. The van der Waals surface area contributed by atoms with Crippen LogP contribution in [0.5, 0.6) is 0 Å². The highest BCUT2D eigenvalue weighted by atomic mass is 16.2. The van der Waals surface area contributed by atoms with Gasteiger partial charge in [0.15, 0.2) is 5.82 Å². The van der Waals surface area contributed by atoms with Crippen LogP contribution < -0.4 is 0 Å². The lowest BCUT2D eigenvalue weighted by atomic mass is 9.96. The van der Waals surface area contributed by atoms with Crippen LogP contribution in [0.3, 0.4) is 0 Å². The largest absolute Gasteiger partial charge is 0.372 e. The summed E-state index contributed by atoms with van der Waals surface area (Å²) in [6, 6.07) is -0.386. The number of carbonyl (C=O) groups is 1. The summed E-state index contributed by atoms with van der Waals surface area (Å²) in [5.74, 6) is 1.17. The van der Waals surface area contributed by atoms with Crippen molar-refractivity contribution < 1.29 is 4.79 Å². The Bertz CT molecular complexity index is 534. The van der Waals surface area contributed by atoms with E-state index in [1.807, 2.05) is 20.8 Å². The van der Waals surface area contributed by atoms with Gasteiger partial charge in [0.25, 0.3) is 0 Å². The van der Waals surface area contributed by atoms with Crippen LogP contribution >= 0.6 is 0 Å². The molecule has 7 nitrogen and oxygen atoms in total. The Morgan fingerprint density at radius 2 is 2.06 bits per heavy atom. The Labute approximate surface area is 98.5 Å². The first-order valence-corrected chi connectivity index (χ1v) is 5.23. The van der Waals surface area contributed by atoms with Crippen molar-refractivity contribution in [3.63, 3.8) is 0 Å². The van der Waals surface area contributed by atoms with E-state index in [9.17, 15) is 4.79 Å². The van der Waals surface area contributed by atoms with Crippen LogP contribution in [0, 0.1) is 6.92 Å². The van der Waals surface area contributed by atoms with Crippen LogP contribution in [0.4, 0.5) is 4.79 Å². The molecule has 0 aliphatic carbocycles. The SMILES string of the molecule is Cc1nc(C(C)(C)C)nn1C(=O)n1cncn1. The third kappa shape index (κ3) is 2.08. The normalized spacial score (nSPS) is 11.8. The van der Waals surface area contributed by atoms with Gasteiger partial charge in [-0.1, -0.05) is 20.8 Å². The van der Waals surface area contributed by atoms with E-state index >= 15 is 0 Å². The molecule has 7 heteroatoms. The van der Waals surface area contributed by atoms with Gasteiger partial charge in [-0.3, -0.25) is 0 Å². The summed E-state index contributed by atoms with van der Waals surface area (Å²) in [5, 5.41) is 7.98. The minimum atomic E-state index is -0.386. The minimum Gasteiger partial charge on any atom is -0.243 e. The van der Waals surface area contributed by atoms with Crippen molar-refractivity contribution in [3.05, 3.63) is 24.3 Å². The predicted molar refractivity (Wildman–Crippen MR) is 59.7 cm³/mol. The van der Waals surface area contributed by atoms with E-state index in [0.29, 0.717) is 11.6 Å². The van der Waals surface area contributed by atoms with E-state index < -0.39 is 0 Å². The fraction of sp³-hybridized carbons (Fsp3) is 0.500. The average molecular weight is 234 g/mol. The van der Waals surface area contributed by atoms with Gasteiger partial charge in [-0.25, -0.2) is 14.8 Å². The quantitative estimate of drug-likeness (QED) is 0.679. The van der Waals surface area contributed by atoms with Gasteiger partial charge in [0.05, 0.1) is 0 Å². The zero-order chi connectivity index (χ0) is 12.6. The van der Waals surface area contributed by atoms with E-state index in [1.165, 1.54) is 17.3 Å². The van der Waals surface area contributed by atoms with Crippen LogP contribution in [0.25, 0.3) is 0 Å². The monoisotopic (exact) mass is 234 g/mol. The van der Waals surface area contributed by atoms with E-state index in [1.54, 1.807) is 6.92 Å². The van der Waals surface area contributed by atoms with Gasteiger partial charge in [-0.15, -0.1) is 5.10 Å². The van der Waals surface area contributed by atoms with Crippen LogP contribution in [-0.4, -0.2) is 35.6 Å². The van der Waals surface area contributed by atoms with Gasteiger partial charge in [0, 0.05) is 5.41 Å². The summed E-state index contributed by atoms with van der Waals surface area (Å²) >= 11 is 0. The Morgan fingerprint density at radius 3 is 2.53 bits per heavy atom. The zero-order valence-electron chi connectivity index (χ0n) is 10.2. The lowest BCUT2D eigenvalue weighted by molar-refractivity contribution is 0.237. The third-order valence-electron chi connectivity index (χ3n) is 2.24. The molecule has 0 aliphatic heterocycles. The van der Waals surface area contributed by atoms with Crippen molar-refractivity contribution in [3.8, 4) is 0 Å². The molecule has 0 aliphatic rings. The predicted octanol–water partition coefficient (Wildman–Crippen LogP) is 0.992. The fourth-order valence-corrected chi connectivity index (χ4v) is 1.29. The second-order valence-corrected chi connectivity index (χ2v) is 4.77. The Hall–Kier alpha value is -2.05. The van der Waals surface area contributed by atoms with Crippen molar-refractivity contribution in [1.82, 2.24) is 29.5 Å². The lowest BCUT2D eigenvalue weighted by Gasteiger charge is -2.12. The summed E-state index contributed by atoms with van der Waals surface area (Å²) < 4.78 is 2.35. The topological polar surface area (TPSA) is 78.5 Å². The number of aromatic nitrogens is 6. The van der Waals surface area contributed by atoms with Gasteiger partial charge >= 0.3 is 6.03 Å². The molecule has 2 rings (SSSR count). The summed E-state index contributed by atoms with van der Waals surface area (Å²) in [6.45, 7) is 7.71. The van der Waals surface area contributed by atoms with Crippen molar-refractivity contribution in [2.45, 2.75) is 33.1 Å². The first-order valence-electron chi connectivity index (χ1n) is 5.23. The number of hydrogen-bond donors (Lipinski definition) is 0. The lowest BCUT2D eigenvalue weighted by Crippen LogP contribution is -2.23. The first kappa shape index (κ1) is 11.4. The molecule has 0 saturated heterocycles. The summed E-state index contributed by atoms with van der Waals surface area (Å²) in [4.78, 5) is 20.0. The third-order valence-corrected chi connectivity index (χ3v) is 2.24. The van der Waals surface area contributed by atoms with E-state index in [4.69, 9.17) is 0 Å². The molecular weight excluding hydrogens is 220 g/mol. The van der Waals surface area contributed by atoms with E-state index in [0.717, 1.165) is 4.68 Å². The molecule has 2 aromatic rings. The van der Waals surface area contributed by atoms with Crippen LogP contribution in [0.2, 0.25) is 0 Å². The van der Waals surface area contributed by atoms with Gasteiger partial charge in [0.1, 0.15) is 18.5 Å². The molecule has 17 heavy (non-hydrogen) atoms. The molecule has 0 atom stereocenters. The maximum Gasteiger partial charge on any atom is 0.372 e. The Morgan fingerprint density at radius 1 is 1.35 bits per heavy atom. The average Bonchev–Trinajstić information content (AvgIpc) is 2.83. The van der Waals surface area contributed by atoms with Crippen molar-refractivity contribution in [1.29, 1.82) is 0 Å². The highest BCUT2D eigenvalue weighted by Gasteiger charge is 2.23. The molecule has 0 N–H and O–H groups in total. The van der Waals surface area contributed by atoms with Crippen LogP contribution in [0.1, 0.15) is 32.4 Å². The molecule has 0 bridgehead atoms. The molecule has 0 amide bonds. The van der Waals surface area contributed by atoms with Crippen molar-refractivity contribution >= 4 is 6.03 Å². The van der Waals surface area contributed by atoms with Gasteiger partial charge in [-0.05, 0) is 6.92 Å². The zero-order valence-corrected chi connectivity index (χ0v) is 10.2. The van der Waals surface area contributed by atoms with E-state index in [-0.39, 0.29) is 11.4 Å². The molecular formula is C10H14N6O. The fourth-order valence-electron chi connectivity index (χ4n) is 1.29. The van der Waals surface area contributed by atoms with Crippen LogP contribution in [-0.2, 0) is 5.41 Å². The Kier molecular flexibility index (Phi) is 2.53. The summed E-state index contributed by atoms with van der Waals surface area (Å²) in [6.07, 6.45) is 2.63. The number of hydrogen-bond acceptors (Lipinski definition) is 5. The Balaban J connectivity index is 2.41. The second-order valence-electron chi connectivity index (χ2n) is 4.77. The maximum absolute atomic E-state index is 12.0. The highest BCUT2D eigenvalue weighted by Crippen LogP contribution is 2.18. The number of carbonyl (C=O) groups excluding carboxylic acids is 1. The molecule has 0 spiro atoms. The van der Waals surface area contributed by atoms with Crippen molar-refractivity contribution in [2.24, 2.45) is 0 Å². The molecule has 0 saturated carbocycles. The molecule has 2 aromatic heterocycles. The molecule has 0 radical (unpaired) electrons. The molecule has 0 aromatic carbocycles. The number of rotatable bonds is 0. The smallest absolute Gasteiger partial charge is 0.243 e. The van der Waals surface area contributed by atoms with Gasteiger partial charge in [-0.2, -0.15) is 14.5 Å².